The number of aryl methyl sites for hydroxylation is 1. The van der Waals surface area contributed by atoms with Crippen molar-refractivity contribution in [2.24, 2.45) is 7.05 Å². The normalized spacial score (nSPS) is 11.2. The van der Waals surface area contributed by atoms with Crippen LogP contribution in [-0.2, 0) is 7.05 Å². The summed E-state index contributed by atoms with van der Waals surface area (Å²) in [4.78, 5) is 4.37. The zero-order valence-electron chi connectivity index (χ0n) is 10.8. The van der Waals surface area contributed by atoms with E-state index in [9.17, 15) is 0 Å². The molecule has 0 unspecified atom stereocenters. The lowest BCUT2D eigenvalue weighted by Crippen LogP contribution is -2.25. The average Bonchev–Trinajstić information content (AvgIpc) is 2.47. The van der Waals surface area contributed by atoms with E-state index in [4.69, 9.17) is 0 Å². The van der Waals surface area contributed by atoms with Gasteiger partial charge >= 0.3 is 0 Å². The highest BCUT2D eigenvalue weighted by molar-refractivity contribution is 5.90. The number of pyridine rings is 2. The molecule has 0 saturated heterocycles. The van der Waals surface area contributed by atoms with Crippen molar-refractivity contribution < 1.29 is 4.57 Å². The molecule has 2 heterocycles. The minimum Gasteiger partial charge on any atom is -0.256 e. The maximum Gasteiger partial charge on any atom is 0.169 e. The van der Waals surface area contributed by atoms with Gasteiger partial charge in [0.1, 0.15) is 7.05 Å². The first-order valence-corrected chi connectivity index (χ1v) is 6.30. The Morgan fingerprint density at radius 2 is 1.74 bits per heavy atom. The molecule has 0 aliphatic carbocycles. The second-order valence-electron chi connectivity index (χ2n) is 4.55. The van der Waals surface area contributed by atoms with E-state index in [1.807, 2.05) is 54.5 Å². The molecule has 0 radical (unpaired) electrons. The summed E-state index contributed by atoms with van der Waals surface area (Å²) in [7, 11) is 2.02. The number of hydrogen-bond acceptors (Lipinski definition) is 1. The average molecular weight is 247 g/mol. The zero-order valence-corrected chi connectivity index (χ0v) is 10.8. The van der Waals surface area contributed by atoms with Crippen LogP contribution in [0.15, 0.2) is 61.1 Å². The Morgan fingerprint density at radius 1 is 0.947 bits per heavy atom. The van der Waals surface area contributed by atoms with Crippen molar-refractivity contribution in [1.29, 1.82) is 0 Å². The number of hydrogen-bond donors (Lipinski definition) is 0. The highest BCUT2D eigenvalue weighted by atomic mass is 14.9. The SMILES string of the molecule is C[n+]1ccc(C=Cc2ccnc3ccccc23)cc1. The first-order chi connectivity index (χ1) is 9.33. The van der Waals surface area contributed by atoms with E-state index in [2.05, 4.69) is 35.3 Å². The molecule has 2 nitrogen and oxygen atoms in total. The van der Waals surface area contributed by atoms with Crippen LogP contribution in [-0.4, -0.2) is 4.98 Å². The van der Waals surface area contributed by atoms with Gasteiger partial charge in [0.15, 0.2) is 12.4 Å². The van der Waals surface area contributed by atoms with Gasteiger partial charge in [-0.25, -0.2) is 4.57 Å². The molecule has 92 valence electrons. The topological polar surface area (TPSA) is 16.8 Å². The first kappa shape index (κ1) is 11.6. The molecule has 0 spiro atoms. The van der Waals surface area contributed by atoms with Crippen LogP contribution in [0, 0.1) is 0 Å². The molecule has 0 saturated carbocycles. The minimum atomic E-state index is 1.03. The van der Waals surface area contributed by atoms with Gasteiger partial charge in [-0.3, -0.25) is 4.98 Å². The van der Waals surface area contributed by atoms with E-state index in [0.717, 1.165) is 5.52 Å². The van der Waals surface area contributed by atoms with Crippen molar-refractivity contribution in [2.75, 3.05) is 0 Å². The predicted molar refractivity (Wildman–Crippen MR) is 78.3 cm³/mol. The van der Waals surface area contributed by atoms with Crippen molar-refractivity contribution in [3.05, 3.63) is 72.2 Å². The van der Waals surface area contributed by atoms with Crippen LogP contribution in [0.1, 0.15) is 11.1 Å². The van der Waals surface area contributed by atoms with Crippen molar-refractivity contribution in [3.8, 4) is 0 Å². The quantitative estimate of drug-likeness (QED) is 0.635. The van der Waals surface area contributed by atoms with Gasteiger partial charge in [-0.15, -0.1) is 0 Å². The van der Waals surface area contributed by atoms with Crippen molar-refractivity contribution >= 4 is 23.1 Å². The van der Waals surface area contributed by atoms with E-state index in [0.29, 0.717) is 0 Å². The largest absolute Gasteiger partial charge is 0.256 e. The van der Waals surface area contributed by atoms with Crippen LogP contribution in [0.3, 0.4) is 0 Å². The molecule has 0 amide bonds. The number of fused-ring (bicyclic) bond motifs is 1. The van der Waals surface area contributed by atoms with Gasteiger partial charge in [-0.2, -0.15) is 0 Å². The fourth-order valence-corrected chi connectivity index (χ4v) is 2.07. The highest BCUT2D eigenvalue weighted by Gasteiger charge is 1.98. The number of rotatable bonds is 2. The molecule has 3 aromatic rings. The fraction of sp³-hybridized carbons (Fsp3) is 0.0588. The second-order valence-corrected chi connectivity index (χ2v) is 4.55. The number of para-hydroxylation sites is 1. The molecule has 0 fully saturated rings. The Hall–Kier alpha value is -2.48. The third-order valence-corrected chi connectivity index (χ3v) is 3.14. The molecule has 1 aromatic carbocycles. The molecular formula is C17H15N2+. The van der Waals surface area contributed by atoms with Gasteiger partial charge < -0.3 is 0 Å². The van der Waals surface area contributed by atoms with E-state index in [1.54, 1.807) is 0 Å². The van der Waals surface area contributed by atoms with E-state index >= 15 is 0 Å². The van der Waals surface area contributed by atoms with Gasteiger partial charge in [0.2, 0.25) is 0 Å². The van der Waals surface area contributed by atoms with Gasteiger partial charge in [-0.1, -0.05) is 30.4 Å². The maximum absolute atomic E-state index is 4.37. The summed E-state index contributed by atoms with van der Waals surface area (Å²) >= 11 is 0. The monoisotopic (exact) mass is 247 g/mol. The third kappa shape index (κ3) is 2.52. The van der Waals surface area contributed by atoms with E-state index < -0.39 is 0 Å². The highest BCUT2D eigenvalue weighted by Crippen LogP contribution is 2.18. The minimum absolute atomic E-state index is 1.03. The molecule has 0 N–H and O–H groups in total. The molecule has 0 bridgehead atoms. The van der Waals surface area contributed by atoms with Crippen LogP contribution in [0.5, 0.6) is 0 Å². The van der Waals surface area contributed by atoms with Gasteiger partial charge in [-0.05, 0) is 23.3 Å². The molecule has 2 heteroatoms. The van der Waals surface area contributed by atoms with Crippen LogP contribution in [0.25, 0.3) is 23.1 Å². The standard InChI is InChI=1S/C17H15N2/c1-19-12-9-14(10-13-19)6-7-15-8-11-18-17-5-3-2-4-16(15)17/h2-13H,1H3/q+1. The van der Waals surface area contributed by atoms with Crippen molar-refractivity contribution in [1.82, 2.24) is 4.98 Å². The lowest BCUT2D eigenvalue weighted by atomic mass is 10.1. The molecule has 0 atom stereocenters. The third-order valence-electron chi connectivity index (χ3n) is 3.14. The summed E-state index contributed by atoms with van der Waals surface area (Å²) in [5.74, 6) is 0. The Kier molecular flexibility index (Phi) is 3.07. The summed E-state index contributed by atoms with van der Waals surface area (Å²) in [6, 6.07) is 14.4. The van der Waals surface area contributed by atoms with E-state index in [-0.39, 0.29) is 0 Å². The summed E-state index contributed by atoms with van der Waals surface area (Å²) in [6.45, 7) is 0. The number of benzene rings is 1. The molecule has 0 aliphatic rings. The van der Waals surface area contributed by atoms with Gasteiger partial charge in [0.25, 0.3) is 0 Å². The molecule has 19 heavy (non-hydrogen) atoms. The Balaban J connectivity index is 1.99. The van der Waals surface area contributed by atoms with Crippen LogP contribution >= 0.6 is 0 Å². The van der Waals surface area contributed by atoms with Gasteiger partial charge in [0.05, 0.1) is 5.52 Å². The number of nitrogens with zero attached hydrogens (tertiary/aromatic N) is 2. The summed E-state index contributed by atoms with van der Waals surface area (Å²) in [5.41, 5.74) is 3.42. The smallest absolute Gasteiger partial charge is 0.169 e. The molecule has 0 aliphatic heterocycles. The summed E-state index contributed by atoms with van der Waals surface area (Å²) < 4.78 is 2.03. The first-order valence-electron chi connectivity index (χ1n) is 6.30. The lowest BCUT2D eigenvalue weighted by Gasteiger charge is -2.00. The summed E-state index contributed by atoms with van der Waals surface area (Å²) in [5, 5.41) is 1.18. The number of aromatic nitrogens is 2. The fourth-order valence-electron chi connectivity index (χ4n) is 2.07. The Labute approximate surface area is 112 Å². The molecular weight excluding hydrogens is 232 g/mol. The van der Waals surface area contributed by atoms with Crippen LogP contribution in [0.4, 0.5) is 0 Å². The van der Waals surface area contributed by atoms with Crippen LogP contribution in [0.2, 0.25) is 0 Å². The van der Waals surface area contributed by atoms with Gasteiger partial charge in [0, 0.05) is 23.7 Å². The summed E-state index contributed by atoms with van der Waals surface area (Å²) in [6.07, 6.45) is 10.2. The zero-order chi connectivity index (χ0) is 13.1. The Bertz CT molecular complexity index is 722. The molecule has 3 rings (SSSR count). The predicted octanol–water partition coefficient (Wildman–Crippen LogP) is 3.23. The van der Waals surface area contributed by atoms with E-state index in [1.165, 1.54) is 16.5 Å². The maximum atomic E-state index is 4.37. The second kappa shape index (κ2) is 5.02. The van der Waals surface area contributed by atoms with Crippen LogP contribution < -0.4 is 4.57 Å². The lowest BCUT2D eigenvalue weighted by molar-refractivity contribution is -0.671. The Morgan fingerprint density at radius 3 is 2.58 bits per heavy atom. The van der Waals surface area contributed by atoms with Crippen molar-refractivity contribution in [2.45, 2.75) is 0 Å². The molecule has 2 aromatic heterocycles. The van der Waals surface area contributed by atoms with Crippen molar-refractivity contribution in [3.63, 3.8) is 0 Å².